The molecule has 0 atom stereocenters. The van der Waals surface area contributed by atoms with Crippen LogP contribution in [0.4, 0.5) is 0 Å². The van der Waals surface area contributed by atoms with Gasteiger partial charge in [0.2, 0.25) is 0 Å². The maximum absolute atomic E-state index is 11.6. The molecule has 1 aromatic heterocycles. The molecule has 1 N–H and O–H groups in total. The molecule has 0 aliphatic carbocycles. The Morgan fingerprint density at radius 2 is 2.06 bits per heavy atom. The van der Waals surface area contributed by atoms with Crippen molar-refractivity contribution in [3.8, 4) is 0 Å². The summed E-state index contributed by atoms with van der Waals surface area (Å²) in [6.45, 7) is 0.689. The van der Waals surface area contributed by atoms with Gasteiger partial charge in [-0.15, -0.1) is 11.8 Å². The van der Waals surface area contributed by atoms with Gasteiger partial charge >= 0.3 is 0 Å². The number of benzene rings is 1. The molecule has 2 nitrogen and oxygen atoms in total. The van der Waals surface area contributed by atoms with Gasteiger partial charge in [0.15, 0.2) is 0 Å². The highest BCUT2D eigenvalue weighted by atomic mass is 32.2. The molecule has 0 unspecified atom stereocenters. The van der Waals surface area contributed by atoms with Gasteiger partial charge in [-0.25, -0.2) is 0 Å². The second-order valence-corrected chi connectivity index (χ2v) is 5.38. The Morgan fingerprint density at radius 1 is 1.24 bits per heavy atom. The first-order valence-electron chi connectivity index (χ1n) is 5.34. The first kappa shape index (κ1) is 12.2. The summed E-state index contributed by atoms with van der Waals surface area (Å²) < 4.78 is 0. The van der Waals surface area contributed by atoms with E-state index in [4.69, 9.17) is 0 Å². The lowest BCUT2D eigenvalue weighted by atomic mass is 10.3. The van der Waals surface area contributed by atoms with Crippen LogP contribution in [-0.4, -0.2) is 18.2 Å². The summed E-state index contributed by atoms with van der Waals surface area (Å²) in [7, 11) is 0. The first-order valence-corrected chi connectivity index (χ1v) is 7.27. The van der Waals surface area contributed by atoms with Crippen LogP contribution in [0, 0.1) is 0 Å². The third-order valence-corrected chi connectivity index (χ3v) is 3.88. The largest absolute Gasteiger partial charge is 0.351 e. The van der Waals surface area contributed by atoms with Crippen LogP contribution in [0.2, 0.25) is 0 Å². The van der Waals surface area contributed by atoms with E-state index in [0.29, 0.717) is 6.54 Å². The fourth-order valence-corrected chi connectivity index (χ4v) is 2.77. The molecule has 2 aromatic rings. The number of amides is 1. The minimum atomic E-state index is 0.0138. The van der Waals surface area contributed by atoms with Gasteiger partial charge < -0.3 is 5.32 Å². The van der Waals surface area contributed by atoms with Gasteiger partial charge in [-0.2, -0.15) is 11.3 Å². The van der Waals surface area contributed by atoms with E-state index in [-0.39, 0.29) is 5.91 Å². The standard InChI is InChI=1S/C13H13NOS2/c15-13(11-6-8-16-10-11)14-7-9-17-12-4-2-1-3-5-12/h1-6,8,10H,7,9H2,(H,14,15). The third kappa shape index (κ3) is 3.91. The molecule has 1 aromatic carbocycles. The van der Waals surface area contributed by atoms with Crippen molar-refractivity contribution in [3.63, 3.8) is 0 Å². The first-order chi connectivity index (χ1) is 8.36. The molecule has 17 heavy (non-hydrogen) atoms. The Kier molecular flexibility index (Phi) is 4.64. The Balaban J connectivity index is 1.69. The Labute approximate surface area is 109 Å². The quantitative estimate of drug-likeness (QED) is 0.662. The summed E-state index contributed by atoms with van der Waals surface area (Å²) in [6, 6.07) is 12.0. The number of rotatable bonds is 5. The van der Waals surface area contributed by atoms with Crippen molar-refractivity contribution in [3.05, 3.63) is 52.7 Å². The van der Waals surface area contributed by atoms with Gasteiger partial charge in [-0.3, -0.25) is 4.79 Å². The SMILES string of the molecule is O=C(NCCSc1ccccc1)c1ccsc1. The van der Waals surface area contributed by atoms with E-state index < -0.39 is 0 Å². The number of hydrogen-bond acceptors (Lipinski definition) is 3. The summed E-state index contributed by atoms with van der Waals surface area (Å²) in [5.41, 5.74) is 0.750. The topological polar surface area (TPSA) is 29.1 Å². The fourth-order valence-electron chi connectivity index (χ4n) is 1.35. The van der Waals surface area contributed by atoms with E-state index in [1.807, 2.05) is 35.0 Å². The molecule has 1 amide bonds. The van der Waals surface area contributed by atoms with E-state index in [2.05, 4.69) is 17.4 Å². The molecule has 0 fully saturated rings. The fraction of sp³-hybridized carbons (Fsp3) is 0.154. The molecular weight excluding hydrogens is 250 g/mol. The average Bonchev–Trinajstić information content (AvgIpc) is 2.89. The zero-order valence-corrected chi connectivity index (χ0v) is 10.9. The average molecular weight is 263 g/mol. The monoisotopic (exact) mass is 263 g/mol. The van der Waals surface area contributed by atoms with Crippen LogP contribution in [0.3, 0.4) is 0 Å². The molecule has 0 aliphatic rings. The lowest BCUT2D eigenvalue weighted by Crippen LogP contribution is -2.25. The molecule has 0 radical (unpaired) electrons. The molecule has 0 bridgehead atoms. The summed E-state index contributed by atoms with van der Waals surface area (Å²) in [5.74, 6) is 0.903. The number of nitrogens with one attached hydrogen (secondary N) is 1. The van der Waals surface area contributed by atoms with Gasteiger partial charge in [0, 0.05) is 28.1 Å². The van der Waals surface area contributed by atoms with Crippen LogP contribution in [0.15, 0.2) is 52.1 Å². The smallest absolute Gasteiger partial charge is 0.252 e. The number of carbonyl (C=O) groups excluding carboxylic acids is 1. The molecule has 0 spiro atoms. The minimum absolute atomic E-state index is 0.0138. The van der Waals surface area contributed by atoms with Crippen LogP contribution in [-0.2, 0) is 0 Å². The molecular formula is C13H13NOS2. The number of thiophene rings is 1. The lowest BCUT2D eigenvalue weighted by Gasteiger charge is -2.03. The Bertz CT molecular complexity index is 454. The van der Waals surface area contributed by atoms with Crippen molar-refractivity contribution in [2.45, 2.75) is 4.90 Å². The zero-order valence-electron chi connectivity index (χ0n) is 9.26. The van der Waals surface area contributed by atoms with Gasteiger partial charge in [0.05, 0.1) is 0 Å². The van der Waals surface area contributed by atoms with Gasteiger partial charge in [0.25, 0.3) is 5.91 Å². The summed E-state index contributed by atoms with van der Waals surface area (Å²) in [4.78, 5) is 12.8. The zero-order chi connectivity index (χ0) is 11.9. The van der Waals surface area contributed by atoms with Crippen molar-refractivity contribution in [2.75, 3.05) is 12.3 Å². The van der Waals surface area contributed by atoms with Crippen molar-refractivity contribution >= 4 is 29.0 Å². The predicted octanol–water partition coefficient (Wildman–Crippen LogP) is 3.27. The van der Waals surface area contributed by atoms with E-state index in [1.165, 1.54) is 16.2 Å². The normalized spacial score (nSPS) is 10.1. The molecule has 2 rings (SSSR count). The highest BCUT2D eigenvalue weighted by Crippen LogP contribution is 2.15. The second-order valence-electron chi connectivity index (χ2n) is 3.43. The number of thioether (sulfide) groups is 1. The summed E-state index contributed by atoms with van der Waals surface area (Å²) >= 11 is 3.29. The summed E-state index contributed by atoms with van der Waals surface area (Å²) in [5, 5.41) is 6.67. The van der Waals surface area contributed by atoms with Crippen LogP contribution in [0.1, 0.15) is 10.4 Å². The van der Waals surface area contributed by atoms with Crippen molar-refractivity contribution in [1.29, 1.82) is 0 Å². The van der Waals surface area contributed by atoms with Gasteiger partial charge in [-0.1, -0.05) is 18.2 Å². The predicted molar refractivity (Wildman–Crippen MR) is 73.8 cm³/mol. The van der Waals surface area contributed by atoms with Crippen LogP contribution in [0.5, 0.6) is 0 Å². The highest BCUT2D eigenvalue weighted by Gasteiger charge is 2.03. The lowest BCUT2D eigenvalue weighted by molar-refractivity contribution is 0.0956. The summed E-state index contributed by atoms with van der Waals surface area (Å²) in [6.07, 6.45) is 0. The molecule has 0 aliphatic heterocycles. The molecule has 4 heteroatoms. The number of hydrogen-bond donors (Lipinski definition) is 1. The third-order valence-electron chi connectivity index (χ3n) is 2.18. The van der Waals surface area contributed by atoms with Gasteiger partial charge in [-0.05, 0) is 23.6 Å². The van der Waals surface area contributed by atoms with Crippen molar-refractivity contribution in [1.82, 2.24) is 5.32 Å². The second kappa shape index (κ2) is 6.47. The van der Waals surface area contributed by atoms with E-state index >= 15 is 0 Å². The minimum Gasteiger partial charge on any atom is -0.351 e. The highest BCUT2D eigenvalue weighted by molar-refractivity contribution is 7.99. The van der Waals surface area contributed by atoms with Crippen molar-refractivity contribution in [2.24, 2.45) is 0 Å². The van der Waals surface area contributed by atoms with Gasteiger partial charge in [0.1, 0.15) is 0 Å². The van der Waals surface area contributed by atoms with E-state index in [9.17, 15) is 4.79 Å². The molecule has 88 valence electrons. The molecule has 0 saturated carbocycles. The van der Waals surface area contributed by atoms with Crippen LogP contribution < -0.4 is 5.32 Å². The number of carbonyl (C=O) groups is 1. The van der Waals surface area contributed by atoms with Crippen molar-refractivity contribution < 1.29 is 4.79 Å². The van der Waals surface area contributed by atoms with E-state index in [1.54, 1.807) is 11.8 Å². The van der Waals surface area contributed by atoms with Crippen LogP contribution >= 0.6 is 23.1 Å². The van der Waals surface area contributed by atoms with Crippen LogP contribution in [0.25, 0.3) is 0 Å². The van der Waals surface area contributed by atoms with E-state index in [0.717, 1.165) is 11.3 Å². The Morgan fingerprint density at radius 3 is 2.76 bits per heavy atom. The maximum atomic E-state index is 11.6. The molecule has 1 heterocycles. The Hall–Kier alpha value is -1.26. The maximum Gasteiger partial charge on any atom is 0.252 e. The molecule has 0 saturated heterocycles.